The maximum absolute atomic E-state index is 12.5. The van der Waals surface area contributed by atoms with Crippen molar-refractivity contribution in [2.24, 2.45) is 5.92 Å². The SMILES string of the molecule is O=C(CCC1CCCC1)Nc1ccc2c(c1)CCC(=O)N2Cc1ccccc1. The molecule has 2 amide bonds. The molecule has 0 aromatic heterocycles. The predicted octanol–water partition coefficient (Wildman–Crippen LogP) is 5.07. The summed E-state index contributed by atoms with van der Waals surface area (Å²) in [4.78, 5) is 26.7. The lowest BCUT2D eigenvalue weighted by Crippen LogP contribution is -2.34. The molecule has 0 saturated heterocycles. The summed E-state index contributed by atoms with van der Waals surface area (Å²) in [7, 11) is 0. The minimum absolute atomic E-state index is 0.0971. The molecule has 2 aromatic carbocycles. The number of nitrogens with zero attached hydrogens (tertiary/aromatic N) is 1. The minimum atomic E-state index is 0.0971. The Hall–Kier alpha value is -2.62. The molecule has 1 saturated carbocycles. The highest BCUT2D eigenvalue weighted by molar-refractivity contribution is 5.97. The molecule has 0 bridgehead atoms. The lowest BCUT2D eigenvalue weighted by molar-refractivity contribution is -0.119. The fraction of sp³-hybridized carbons (Fsp3) is 0.417. The highest BCUT2D eigenvalue weighted by atomic mass is 16.2. The van der Waals surface area contributed by atoms with Gasteiger partial charge in [0.1, 0.15) is 0 Å². The molecule has 1 heterocycles. The van der Waals surface area contributed by atoms with Crippen molar-refractivity contribution in [2.75, 3.05) is 10.2 Å². The van der Waals surface area contributed by atoms with E-state index < -0.39 is 0 Å². The van der Waals surface area contributed by atoms with E-state index in [2.05, 4.69) is 5.32 Å². The third-order valence-electron chi connectivity index (χ3n) is 6.00. The molecular formula is C24H28N2O2. The van der Waals surface area contributed by atoms with E-state index in [-0.39, 0.29) is 11.8 Å². The zero-order valence-corrected chi connectivity index (χ0v) is 16.3. The zero-order valence-electron chi connectivity index (χ0n) is 16.3. The molecular weight excluding hydrogens is 348 g/mol. The van der Waals surface area contributed by atoms with Gasteiger partial charge in [0.25, 0.3) is 0 Å². The molecule has 1 aliphatic heterocycles. The lowest BCUT2D eigenvalue weighted by Gasteiger charge is -2.30. The number of nitrogens with one attached hydrogen (secondary N) is 1. The molecule has 28 heavy (non-hydrogen) atoms. The van der Waals surface area contributed by atoms with Crippen molar-refractivity contribution in [3.8, 4) is 0 Å². The van der Waals surface area contributed by atoms with Crippen molar-refractivity contribution in [2.45, 2.75) is 57.9 Å². The van der Waals surface area contributed by atoms with Crippen LogP contribution < -0.4 is 10.2 Å². The summed E-state index contributed by atoms with van der Waals surface area (Å²) in [5.74, 6) is 0.983. The van der Waals surface area contributed by atoms with Crippen LogP contribution >= 0.6 is 0 Å². The second-order valence-electron chi connectivity index (χ2n) is 8.05. The first-order valence-corrected chi connectivity index (χ1v) is 10.5. The number of amides is 2. The van der Waals surface area contributed by atoms with Crippen molar-refractivity contribution < 1.29 is 9.59 Å². The van der Waals surface area contributed by atoms with E-state index in [9.17, 15) is 9.59 Å². The van der Waals surface area contributed by atoms with Crippen LogP contribution in [-0.2, 0) is 22.6 Å². The largest absolute Gasteiger partial charge is 0.326 e. The summed E-state index contributed by atoms with van der Waals surface area (Å²) in [5.41, 5.74) is 4.05. The van der Waals surface area contributed by atoms with Gasteiger partial charge in [0.15, 0.2) is 0 Å². The van der Waals surface area contributed by atoms with Crippen LogP contribution in [0.25, 0.3) is 0 Å². The molecule has 4 heteroatoms. The Morgan fingerprint density at radius 1 is 1.04 bits per heavy atom. The van der Waals surface area contributed by atoms with Crippen molar-refractivity contribution >= 4 is 23.2 Å². The number of benzene rings is 2. The molecule has 0 atom stereocenters. The Labute approximate surface area is 166 Å². The summed E-state index contributed by atoms with van der Waals surface area (Å²) < 4.78 is 0. The highest BCUT2D eigenvalue weighted by Gasteiger charge is 2.24. The number of hydrogen-bond donors (Lipinski definition) is 1. The smallest absolute Gasteiger partial charge is 0.227 e. The lowest BCUT2D eigenvalue weighted by atomic mass is 9.99. The monoisotopic (exact) mass is 376 g/mol. The Morgan fingerprint density at radius 2 is 1.82 bits per heavy atom. The van der Waals surface area contributed by atoms with Crippen LogP contribution in [0.1, 0.15) is 56.1 Å². The molecule has 2 aromatic rings. The van der Waals surface area contributed by atoms with Gasteiger partial charge in [0.2, 0.25) is 11.8 Å². The molecule has 0 unspecified atom stereocenters. The van der Waals surface area contributed by atoms with Crippen LogP contribution in [0.15, 0.2) is 48.5 Å². The number of carbonyl (C=O) groups excluding carboxylic acids is 2. The average Bonchev–Trinajstić information content (AvgIpc) is 3.23. The van der Waals surface area contributed by atoms with E-state index in [1.807, 2.05) is 53.4 Å². The second-order valence-corrected chi connectivity index (χ2v) is 8.05. The van der Waals surface area contributed by atoms with Crippen LogP contribution in [0.3, 0.4) is 0 Å². The van der Waals surface area contributed by atoms with E-state index in [1.165, 1.54) is 25.7 Å². The minimum Gasteiger partial charge on any atom is -0.326 e. The van der Waals surface area contributed by atoms with Crippen molar-refractivity contribution in [3.05, 3.63) is 59.7 Å². The maximum Gasteiger partial charge on any atom is 0.227 e. The summed E-state index contributed by atoms with van der Waals surface area (Å²) in [6.07, 6.45) is 8.01. The third-order valence-corrected chi connectivity index (χ3v) is 6.00. The molecule has 4 nitrogen and oxygen atoms in total. The fourth-order valence-electron chi connectivity index (χ4n) is 4.43. The standard InChI is InChI=1S/C24H28N2O2/c27-23(14-10-18-6-4-5-7-18)25-21-12-13-22-20(16-21)11-15-24(28)26(22)17-19-8-2-1-3-9-19/h1-3,8-9,12-13,16,18H,4-7,10-11,14-15,17H2,(H,25,27). The van der Waals surface area contributed by atoms with E-state index in [4.69, 9.17) is 0 Å². The molecule has 0 spiro atoms. The van der Waals surface area contributed by atoms with Gasteiger partial charge in [-0.1, -0.05) is 56.0 Å². The molecule has 2 aliphatic rings. The normalized spacial score (nSPS) is 16.9. The van der Waals surface area contributed by atoms with Gasteiger partial charge in [-0.05, 0) is 48.1 Å². The first kappa shape index (κ1) is 18.7. The van der Waals surface area contributed by atoms with E-state index in [0.29, 0.717) is 19.4 Å². The van der Waals surface area contributed by atoms with E-state index in [1.54, 1.807) is 0 Å². The number of fused-ring (bicyclic) bond motifs is 1. The zero-order chi connectivity index (χ0) is 19.3. The van der Waals surface area contributed by atoms with Crippen LogP contribution in [0, 0.1) is 5.92 Å². The molecule has 0 radical (unpaired) electrons. The van der Waals surface area contributed by atoms with Crippen molar-refractivity contribution in [3.63, 3.8) is 0 Å². The molecule has 1 fully saturated rings. The quantitative estimate of drug-likeness (QED) is 0.765. The fourth-order valence-corrected chi connectivity index (χ4v) is 4.43. The number of hydrogen-bond acceptors (Lipinski definition) is 2. The van der Waals surface area contributed by atoms with Gasteiger partial charge in [-0.3, -0.25) is 9.59 Å². The number of carbonyl (C=O) groups is 2. The number of anilines is 2. The van der Waals surface area contributed by atoms with Crippen LogP contribution in [-0.4, -0.2) is 11.8 Å². The van der Waals surface area contributed by atoms with Gasteiger partial charge < -0.3 is 10.2 Å². The highest BCUT2D eigenvalue weighted by Crippen LogP contribution is 2.32. The predicted molar refractivity (Wildman–Crippen MR) is 112 cm³/mol. The second kappa shape index (κ2) is 8.59. The topological polar surface area (TPSA) is 49.4 Å². The first-order valence-electron chi connectivity index (χ1n) is 10.5. The summed E-state index contributed by atoms with van der Waals surface area (Å²) in [6, 6.07) is 16.0. The van der Waals surface area contributed by atoms with Gasteiger partial charge >= 0.3 is 0 Å². The van der Waals surface area contributed by atoms with Crippen molar-refractivity contribution in [1.82, 2.24) is 0 Å². The van der Waals surface area contributed by atoms with Crippen LogP contribution in [0.5, 0.6) is 0 Å². The van der Waals surface area contributed by atoms with Crippen LogP contribution in [0.2, 0.25) is 0 Å². The molecule has 146 valence electrons. The first-order chi connectivity index (χ1) is 13.7. The molecule has 1 N–H and O–H groups in total. The van der Waals surface area contributed by atoms with Gasteiger partial charge in [-0.15, -0.1) is 0 Å². The van der Waals surface area contributed by atoms with Gasteiger partial charge in [-0.25, -0.2) is 0 Å². The van der Waals surface area contributed by atoms with Crippen molar-refractivity contribution in [1.29, 1.82) is 0 Å². The third kappa shape index (κ3) is 4.44. The summed E-state index contributed by atoms with van der Waals surface area (Å²) >= 11 is 0. The van der Waals surface area contributed by atoms with Gasteiger partial charge in [0, 0.05) is 24.2 Å². The Balaban J connectivity index is 1.42. The Bertz CT molecular complexity index is 841. The Morgan fingerprint density at radius 3 is 2.61 bits per heavy atom. The summed E-state index contributed by atoms with van der Waals surface area (Å²) in [5, 5.41) is 3.05. The summed E-state index contributed by atoms with van der Waals surface area (Å²) in [6.45, 7) is 0.583. The van der Waals surface area contributed by atoms with E-state index in [0.717, 1.165) is 41.3 Å². The average molecular weight is 377 g/mol. The van der Waals surface area contributed by atoms with Crippen LogP contribution in [0.4, 0.5) is 11.4 Å². The van der Waals surface area contributed by atoms with Gasteiger partial charge in [0.05, 0.1) is 6.54 Å². The van der Waals surface area contributed by atoms with Gasteiger partial charge in [-0.2, -0.15) is 0 Å². The molecule has 1 aliphatic carbocycles. The maximum atomic E-state index is 12.5. The number of rotatable bonds is 6. The number of aryl methyl sites for hydroxylation is 1. The Kier molecular flexibility index (Phi) is 5.75. The molecule has 4 rings (SSSR count). The van der Waals surface area contributed by atoms with E-state index >= 15 is 0 Å².